The summed E-state index contributed by atoms with van der Waals surface area (Å²) in [7, 11) is 1.71. The fourth-order valence-corrected chi connectivity index (χ4v) is 2.38. The van der Waals surface area contributed by atoms with Gasteiger partial charge in [-0.3, -0.25) is 0 Å². The molecule has 2 N–H and O–H groups in total. The molecular formula is C13H20ClNO. The van der Waals surface area contributed by atoms with Gasteiger partial charge in [-0.1, -0.05) is 19.9 Å². The predicted molar refractivity (Wildman–Crippen MR) is 69.4 cm³/mol. The van der Waals surface area contributed by atoms with Crippen LogP contribution in [0.5, 0.6) is 5.75 Å². The van der Waals surface area contributed by atoms with Gasteiger partial charge in [-0.25, -0.2) is 0 Å². The first-order valence-electron chi connectivity index (χ1n) is 5.48. The van der Waals surface area contributed by atoms with Gasteiger partial charge in [-0.05, 0) is 41.5 Å². The lowest BCUT2D eigenvalue weighted by Gasteiger charge is -2.35. The summed E-state index contributed by atoms with van der Waals surface area (Å²) in [4.78, 5) is 0. The summed E-state index contributed by atoms with van der Waals surface area (Å²) in [6, 6.07) is 6.44. The van der Waals surface area contributed by atoms with Crippen LogP contribution in [0.4, 0.5) is 0 Å². The SMILES string of the molecule is COc1ccc2c(c1)C(C)(C)CCC2N.Cl. The molecule has 0 spiro atoms. The highest BCUT2D eigenvalue weighted by Crippen LogP contribution is 2.41. The van der Waals surface area contributed by atoms with Crippen molar-refractivity contribution < 1.29 is 4.74 Å². The molecule has 2 rings (SSSR count). The van der Waals surface area contributed by atoms with E-state index in [0.29, 0.717) is 0 Å². The van der Waals surface area contributed by atoms with E-state index in [1.165, 1.54) is 11.1 Å². The first-order valence-corrected chi connectivity index (χ1v) is 5.48. The topological polar surface area (TPSA) is 35.2 Å². The summed E-state index contributed by atoms with van der Waals surface area (Å²) in [6.07, 6.45) is 2.22. The van der Waals surface area contributed by atoms with E-state index in [-0.39, 0.29) is 23.9 Å². The molecule has 0 aromatic heterocycles. The number of methoxy groups -OCH3 is 1. The third-order valence-electron chi connectivity index (χ3n) is 3.47. The van der Waals surface area contributed by atoms with E-state index in [2.05, 4.69) is 26.0 Å². The lowest BCUT2D eigenvalue weighted by atomic mass is 9.71. The number of halogens is 1. The minimum atomic E-state index is 0. The highest BCUT2D eigenvalue weighted by atomic mass is 35.5. The van der Waals surface area contributed by atoms with Crippen molar-refractivity contribution in [1.29, 1.82) is 0 Å². The first kappa shape index (κ1) is 13.3. The molecule has 0 fully saturated rings. The average molecular weight is 242 g/mol. The number of benzene rings is 1. The van der Waals surface area contributed by atoms with Gasteiger partial charge in [0.2, 0.25) is 0 Å². The Morgan fingerprint density at radius 1 is 1.38 bits per heavy atom. The predicted octanol–water partition coefficient (Wildman–Crippen LogP) is 3.19. The van der Waals surface area contributed by atoms with E-state index < -0.39 is 0 Å². The number of hydrogen-bond donors (Lipinski definition) is 1. The van der Waals surface area contributed by atoms with Crippen molar-refractivity contribution in [2.45, 2.75) is 38.1 Å². The average Bonchev–Trinajstić information content (AvgIpc) is 2.24. The molecule has 0 heterocycles. The van der Waals surface area contributed by atoms with Gasteiger partial charge in [-0.15, -0.1) is 12.4 Å². The van der Waals surface area contributed by atoms with Crippen molar-refractivity contribution in [2.75, 3.05) is 7.11 Å². The van der Waals surface area contributed by atoms with E-state index in [0.717, 1.165) is 18.6 Å². The van der Waals surface area contributed by atoms with E-state index >= 15 is 0 Å². The number of nitrogens with two attached hydrogens (primary N) is 1. The Balaban J connectivity index is 0.00000128. The van der Waals surface area contributed by atoms with Crippen LogP contribution in [-0.4, -0.2) is 7.11 Å². The lowest BCUT2D eigenvalue weighted by Crippen LogP contribution is -2.29. The van der Waals surface area contributed by atoms with Crippen LogP contribution in [0.15, 0.2) is 18.2 Å². The molecule has 1 aromatic rings. The normalized spacial score (nSPS) is 21.9. The molecular weight excluding hydrogens is 222 g/mol. The van der Waals surface area contributed by atoms with Gasteiger partial charge < -0.3 is 10.5 Å². The maximum absolute atomic E-state index is 6.12. The van der Waals surface area contributed by atoms with Gasteiger partial charge in [0.15, 0.2) is 0 Å². The molecule has 1 aliphatic carbocycles. The molecule has 0 saturated heterocycles. The summed E-state index contributed by atoms with van der Waals surface area (Å²) in [6.45, 7) is 4.55. The molecule has 0 saturated carbocycles. The van der Waals surface area contributed by atoms with Crippen LogP contribution in [0.1, 0.15) is 43.9 Å². The van der Waals surface area contributed by atoms with Crippen LogP contribution >= 0.6 is 12.4 Å². The maximum atomic E-state index is 6.12. The van der Waals surface area contributed by atoms with Gasteiger partial charge in [0.25, 0.3) is 0 Å². The van der Waals surface area contributed by atoms with Crippen molar-refractivity contribution in [3.05, 3.63) is 29.3 Å². The summed E-state index contributed by atoms with van der Waals surface area (Å²) >= 11 is 0. The van der Waals surface area contributed by atoms with Crippen LogP contribution in [0.2, 0.25) is 0 Å². The molecule has 0 bridgehead atoms. The van der Waals surface area contributed by atoms with Crippen LogP contribution in [0, 0.1) is 0 Å². The van der Waals surface area contributed by atoms with Crippen molar-refractivity contribution >= 4 is 12.4 Å². The van der Waals surface area contributed by atoms with Crippen LogP contribution in [0.25, 0.3) is 0 Å². The second kappa shape index (κ2) is 4.64. The van der Waals surface area contributed by atoms with Crippen LogP contribution in [-0.2, 0) is 5.41 Å². The van der Waals surface area contributed by atoms with Gasteiger partial charge >= 0.3 is 0 Å². The Morgan fingerprint density at radius 3 is 2.69 bits per heavy atom. The second-order valence-electron chi connectivity index (χ2n) is 4.98. The van der Waals surface area contributed by atoms with Crippen molar-refractivity contribution in [1.82, 2.24) is 0 Å². The minimum absolute atomic E-state index is 0. The Hall–Kier alpha value is -0.730. The lowest BCUT2D eigenvalue weighted by molar-refractivity contribution is 0.384. The second-order valence-corrected chi connectivity index (χ2v) is 4.98. The van der Waals surface area contributed by atoms with Crippen LogP contribution < -0.4 is 10.5 Å². The number of ether oxygens (including phenoxy) is 1. The zero-order chi connectivity index (χ0) is 11.1. The largest absolute Gasteiger partial charge is 0.497 e. The molecule has 0 amide bonds. The number of hydrogen-bond acceptors (Lipinski definition) is 2. The highest BCUT2D eigenvalue weighted by molar-refractivity contribution is 5.85. The smallest absolute Gasteiger partial charge is 0.119 e. The van der Waals surface area contributed by atoms with Crippen molar-refractivity contribution in [3.8, 4) is 5.75 Å². The zero-order valence-electron chi connectivity index (χ0n) is 10.1. The van der Waals surface area contributed by atoms with Crippen molar-refractivity contribution in [2.24, 2.45) is 5.73 Å². The molecule has 1 unspecified atom stereocenters. The Bertz CT molecular complexity index is 376. The maximum Gasteiger partial charge on any atom is 0.119 e. The Morgan fingerprint density at radius 2 is 2.06 bits per heavy atom. The van der Waals surface area contributed by atoms with E-state index in [1.54, 1.807) is 7.11 Å². The van der Waals surface area contributed by atoms with Crippen molar-refractivity contribution in [3.63, 3.8) is 0 Å². The Kier molecular flexibility index (Phi) is 3.87. The zero-order valence-corrected chi connectivity index (χ0v) is 10.9. The third-order valence-corrected chi connectivity index (χ3v) is 3.47. The van der Waals surface area contributed by atoms with Gasteiger partial charge in [0.05, 0.1) is 7.11 Å². The molecule has 3 heteroatoms. The number of fused-ring (bicyclic) bond motifs is 1. The summed E-state index contributed by atoms with van der Waals surface area (Å²) in [5.41, 5.74) is 8.97. The monoisotopic (exact) mass is 241 g/mol. The summed E-state index contributed by atoms with van der Waals surface area (Å²) in [5.74, 6) is 0.927. The molecule has 0 radical (unpaired) electrons. The molecule has 90 valence electrons. The summed E-state index contributed by atoms with van der Waals surface area (Å²) in [5, 5.41) is 0. The molecule has 1 aromatic carbocycles. The highest BCUT2D eigenvalue weighted by Gasteiger charge is 2.31. The molecule has 1 aliphatic rings. The quantitative estimate of drug-likeness (QED) is 0.820. The van der Waals surface area contributed by atoms with Gasteiger partial charge in [-0.2, -0.15) is 0 Å². The standard InChI is InChI=1S/C13H19NO.ClH/c1-13(2)7-6-12(14)10-5-4-9(15-3)8-11(10)13;/h4-5,8,12H,6-7,14H2,1-3H3;1H. The third kappa shape index (κ3) is 2.18. The number of rotatable bonds is 1. The molecule has 2 nitrogen and oxygen atoms in total. The molecule has 1 atom stereocenters. The molecule has 16 heavy (non-hydrogen) atoms. The Labute approximate surface area is 104 Å². The summed E-state index contributed by atoms with van der Waals surface area (Å²) < 4.78 is 5.27. The van der Waals surface area contributed by atoms with E-state index in [1.807, 2.05) is 6.07 Å². The van der Waals surface area contributed by atoms with Gasteiger partial charge in [0.1, 0.15) is 5.75 Å². The fourth-order valence-electron chi connectivity index (χ4n) is 2.38. The first-order chi connectivity index (χ1) is 7.04. The fraction of sp³-hybridized carbons (Fsp3) is 0.538. The van der Waals surface area contributed by atoms with E-state index in [9.17, 15) is 0 Å². The van der Waals surface area contributed by atoms with E-state index in [4.69, 9.17) is 10.5 Å². The minimum Gasteiger partial charge on any atom is -0.497 e. The van der Waals surface area contributed by atoms with Crippen LogP contribution in [0.3, 0.4) is 0 Å². The van der Waals surface area contributed by atoms with Gasteiger partial charge in [0, 0.05) is 6.04 Å². The molecule has 0 aliphatic heterocycles.